The Bertz CT molecular complexity index is 520. The molecule has 0 aliphatic rings. The molecule has 0 aliphatic carbocycles. The van der Waals surface area contributed by atoms with Crippen molar-refractivity contribution in [2.45, 2.75) is 13.8 Å². The first kappa shape index (κ1) is 9.65. The summed E-state index contributed by atoms with van der Waals surface area (Å²) in [5.41, 5.74) is 2.85. The van der Waals surface area contributed by atoms with Gasteiger partial charge in [-0.2, -0.15) is 0 Å². The van der Waals surface area contributed by atoms with Gasteiger partial charge < -0.3 is 5.32 Å². The summed E-state index contributed by atoms with van der Waals surface area (Å²) in [6.07, 6.45) is 1.76. The normalized spacial score (nSPS) is 10.3. The first-order valence-electron chi connectivity index (χ1n) is 4.80. The third-order valence-electron chi connectivity index (χ3n) is 2.37. The molecular formula is C12H12N2O. The number of carbonyl (C=O) groups excluding carboxylic acids is 1. The highest BCUT2D eigenvalue weighted by atomic mass is 16.1. The van der Waals surface area contributed by atoms with Gasteiger partial charge in [-0.1, -0.05) is 6.07 Å². The average molecular weight is 200 g/mol. The molecule has 0 saturated carbocycles. The number of nitrogens with one attached hydrogen (secondary N) is 1. The number of hydrogen-bond donors (Lipinski definition) is 1. The number of anilines is 1. The van der Waals surface area contributed by atoms with Crippen LogP contribution in [0.1, 0.15) is 12.5 Å². The number of benzene rings is 1. The molecule has 0 aliphatic heterocycles. The molecule has 2 aromatic rings. The van der Waals surface area contributed by atoms with E-state index in [9.17, 15) is 4.79 Å². The minimum atomic E-state index is -0.0543. The Morgan fingerprint density at radius 1 is 1.33 bits per heavy atom. The third-order valence-corrected chi connectivity index (χ3v) is 2.37. The topological polar surface area (TPSA) is 42.0 Å². The van der Waals surface area contributed by atoms with Gasteiger partial charge in [-0.25, -0.2) is 0 Å². The van der Waals surface area contributed by atoms with E-state index in [1.54, 1.807) is 6.20 Å². The van der Waals surface area contributed by atoms with Crippen molar-refractivity contribution < 1.29 is 4.79 Å². The van der Waals surface area contributed by atoms with E-state index in [1.807, 2.05) is 31.2 Å². The second-order valence-electron chi connectivity index (χ2n) is 3.49. The first-order valence-corrected chi connectivity index (χ1v) is 4.80. The zero-order chi connectivity index (χ0) is 10.8. The minimum Gasteiger partial charge on any atom is -0.326 e. The van der Waals surface area contributed by atoms with Crippen molar-refractivity contribution in [1.82, 2.24) is 4.98 Å². The first-order chi connectivity index (χ1) is 7.18. The summed E-state index contributed by atoms with van der Waals surface area (Å²) >= 11 is 0. The fourth-order valence-corrected chi connectivity index (χ4v) is 1.62. The molecule has 3 heteroatoms. The van der Waals surface area contributed by atoms with Gasteiger partial charge in [-0.3, -0.25) is 9.78 Å². The lowest BCUT2D eigenvalue weighted by Gasteiger charge is -2.08. The predicted molar refractivity (Wildman–Crippen MR) is 60.8 cm³/mol. The van der Waals surface area contributed by atoms with Gasteiger partial charge >= 0.3 is 0 Å². The molecule has 0 spiro atoms. The number of rotatable bonds is 1. The van der Waals surface area contributed by atoms with E-state index >= 15 is 0 Å². The van der Waals surface area contributed by atoms with Crippen LogP contribution in [-0.2, 0) is 4.79 Å². The van der Waals surface area contributed by atoms with E-state index in [1.165, 1.54) is 6.92 Å². The van der Waals surface area contributed by atoms with Crippen LogP contribution in [0.2, 0.25) is 0 Å². The number of hydrogen-bond acceptors (Lipinski definition) is 2. The summed E-state index contributed by atoms with van der Waals surface area (Å²) in [5.74, 6) is -0.0543. The van der Waals surface area contributed by atoms with Gasteiger partial charge in [0.05, 0.1) is 5.52 Å². The van der Waals surface area contributed by atoms with Crippen molar-refractivity contribution in [3.05, 3.63) is 36.0 Å². The summed E-state index contributed by atoms with van der Waals surface area (Å²) in [7, 11) is 0. The second kappa shape index (κ2) is 3.69. The molecule has 1 aromatic heterocycles. The number of nitrogens with zero attached hydrogens (tertiary/aromatic N) is 1. The van der Waals surface area contributed by atoms with E-state index in [-0.39, 0.29) is 5.91 Å². The summed E-state index contributed by atoms with van der Waals surface area (Å²) in [6, 6.07) is 7.69. The highest BCUT2D eigenvalue weighted by Crippen LogP contribution is 2.23. The maximum absolute atomic E-state index is 11.0. The molecular weight excluding hydrogens is 188 g/mol. The quantitative estimate of drug-likeness (QED) is 0.768. The summed E-state index contributed by atoms with van der Waals surface area (Å²) in [4.78, 5) is 15.2. The van der Waals surface area contributed by atoms with Crippen molar-refractivity contribution in [2.24, 2.45) is 0 Å². The van der Waals surface area contributed by atoms with Gasteiger partial charge in [0.25, 0.3) is 0 Å². The van der Waals surface area contributed by atoms with Crippen LogP contribution in [0, 0.1) is 6.92 Å². The second-order valence-corrected chi connectivity index (χ2v) is 3.49. The van der Waals surface area contributed by atoms with Gasteiger partial charge in [0.15, 0.2) is 0 Å². The number of carbonyl (C=O) groups is 1. The lowest BCUT2D eigenvalue weighted by Crippen LogP contribution is -2.07. The third kappa shape index (κ3) is 1.81. The van der Waals surface area contributed by atoms with Crippen LogP contribution >= 0.6 is 0 Å². The molecule has 0 saturated heterocycles. The number of aromatic nitrogens is 1. The van der Waals surface area contributed by atoms with Crippen molar-refractivity contribution in [2.75, 3.05) is 5.32 Å². The maximum Gasteiger partial charge on any atom is 0.221 e. The predicted octanol–water partition coefficient (Wildman–Crippen LogP) is 2.50. The Morgan fingerprint density at radius 2 is 2.13 bits per heavy atom. The van der Waals surface area contributed by atoms with Crippen LogP contribution < -0.4 is 5.32 Å². The van der Waals surface area contributed by atoms with E-state index < -0.39 is 0 Å². The Morgan fingerprint density at radius 3 is 2.87 bits per heavy atom. The lowest BCUT2D eigenvalue weighted by atomic mass is 10.1. The summed E-state index contributed by atoms with van der Waals surface area (Å²) in [5, 5.41) is 3.87. The molecule has 15 heavy (non-hydrogen) atoms. The van der Waals surface area contributed by atoms with Gasteiger partial charge in [-0.05, 0) is 30.7 Å². The molecule has 0 unspecified atom stereocenters. The SMILES string of the molecule is CC(=O)Nc1ccc2ncccc2c1C. The van der Waals surface area contributed by atoms with Crippen molar-refractivity contribution >= 4 is 22.5 Å². The van der Waals surface area contributed by atoms with E-state index in [4.69, 9.17) is 0 Å². The van der Waals surface area contributed by atoms with Crippen LogP contribution in [0.15, 0.2) is 30.5 Å². The molecule has 76 valence electrons. The van der Waals surface area contributed by atoms with Gasteiger partial charge in [0.1, 0.15) is 0 Å². The van der Waals surface area contributed by atoms with Crippen LogP contribution in [0.25, 0.3) is 10.9 Å². The van der Waals surface area contributed by atoms with Crippen molar-refractivity contribution in [3.63, 3.8) is 0 Å². The molecule has 0 fully saturated rings. The van der Waals surface area contributed by atoms with E-state index in [0.717, 1.165) is 22.2 Å². The van der Waals surface area contributed by atoms with Gasteiger partial charge in [0, 0.05) is 24.2 Å². The monoisotopic (exact) mass is 200 g/mol. The number of aryl methyl sites for hydroxylation is 1. The molecule has 1 aromatic carbocycles. The average Bonchev–Trinajstić information content (AvgIpc) is 2.22. The summed E-state index contributed by atoms with van der Waals surface area (Å²) < 4.78 is 0. The van der Waals surface area contributed by atoms with E-state index in [2.05, 4.69) is 10.3 Å². The molecule has 3 nitrogen and oxygen atoms in total. The molecule has 2 rings (SSSR count). The minimum absolute atomic E-state index is 0.0543. The number of amides is 1. The highest BCUT2D eigenvalue weighted by molar-refractivity contribution is 5.94. The number of pyridine rings is 1. The van der Waals surface area contributed by atoms with Crippen LogP contribution in [0.3, 0.4) is 0 Å². The molecule has 1 amide bonds. The van der Waals surface area contributed by atoms with E-state index in [0.29, 0.717) is 0 Å². The van der Waals surface area contributed by atoms with Crippen LogP contribution in [-0.4, -0.2) is 10.9 Å². The molecule has 1 N–H and O–H groups in total. The lowest BCUT2D eigenvalue weighted by molar-refractivity contribution is -0.114. The van der Waals surface area contributed by atoms with Gasteiger partial charge in [-0.15, -0.1) is 0 Å². The molecule has 0 atom stereocenters. The Labute approximate surface area is 88.1 Å². The van der Waals surface area contributed by atoms with Crippen LogP contribution in [0.4, 0.5) is 5.69 Å². The zero-order valence-corrected chi connectivity index (χ0v) is 8.74. The molecule has 1 heterocycles. The summed E-state index contributed by atoms with van der Waals surface area (Å²) in [6.45, 7) is 3.49. The molecule has 0 radical (unpaired) electrons. The van der Waals surface area contributed by atoms with Crippen molar-refractivity contribution in [1.29, 1.82) is 0 Å². The highest BCUT2D eigenvalue weighted by Gasteiger charge is 2.04. The fraction of sp³-hybridized carbons (Fsp3) is 0.167. The number of fused-ring (bicyclic) bond motifs is 1. The van der Waals surface area contributed by atoms with Crippen molar-refractivity contribution in [3.8, 4) is 0 Å². The van der Waals surface area contributed by atoms with Crippen LogP contribution in [0.5, 0.6) is 0 Å². The maximum atomic E-state index is 11.0. The largest absolute Gasteiger partial charge is 0.326 e. The standard InChI is InChI=1S/C12H12N2O/c1-8-10-4-3-7-13-12(10)6-5-11(8)14-9(2)15/h3-7H,1-2H3,(H,14,15). The van der Waals surface area contributed by atoms with Gasteiger partial charge in [0.2, 0.25) is 5.91 Å². The smallest absolute Gasteiger partial charge is 0.221 e. The fourth-order valence-electron chi connectivity index (χ4n) is 1.62. The zero-order valence-electron chi connectivity index (χ0n) is 8.74. The Hall–Kier alpha value is -1.90. The molecule has 0 bridgehead atoms. The Balaban J connectivity index is 2.59. The Kier molecular flexibility index (Phi) is 2.37.